The lowest BCUT2D eigenvalue weighted by Crippen LogP contribution is -2.38. The molecule has 0 fully saturated rings. The Kier molecular flexibility index (Phi) is 10.1. The van der Waals surface area contributed by atoms with Gasteiger partial charge in [-0.3, -0.25) is 0 Å². The lowest BCUT2D eigenvalue weighted by atomic mass is 10.1. The number of benzene rings is 1. The van der Waals surface area contributed by atoms with Crippen LogP contribution in [0.25, 0.3) is 0 Å². The van der Waals surface area contributed by atoms with E-state index in [1.165, 1.54) is 21.0 Å². The molecular formula is C21H29IN6S. The Balaban J connectivity index is 0.00000300. The number of aliphatic imine (C=N–C) groups is 1. The number of thiazole rings is 1. The number of nitrogens with zero attached hydrogens (tertiary/aromatic N) is 4. The van der Waals surface area contributed by atoms with E-state index in [0.29, 0.717) is 6.54 Å². The minimum Gasteiger partial charge on any atom is -0.357 e. The molecule has 156 valence electrons. The van der Waals surface area contributed by atoms with E-state index in [1.54, 1.807) is 17.5 Å². The summed E-state index contributed by atoms with van der Waals surface area (Å²) in [6.45, 7) is 7.37. The molecule has 0 radical (unpaired) electrons. The third kappa shape index (κ3) is 7.77. The maximum Gasteiger partial charge on any atom is 0.191 e. The van der Waals surface area contributed by atoms with Crippen molar-refractivity contribution >= 4 is 41.3 Å². The molecule has 29 heavy (non-hydrogen) atoms. The molecule has 0 bridgehead atoms. The predicted molar refractivity (Wildman–Crippen MR) is 131 cm³/mol. The van der Waals surface area contributed by atoms with Crippen LogP contribution in [0.5, 0.6) is 0 Å². The van der Waals surface area contributed by atoms with Crippen LogP contribution in [0.4, 0.5) is 0 Å². The van der Waals surface area contributed by atoms with Gasteiger partial charge in [-0.2, -0.15) is 0 Å². The summed E-state index contributed by atoms with van der Waals surface area (Å²) in [6, 6.07) is 8.54. The highest BCUT2D eigenvalue weighted by Crippen LogP contribution is 2.13. The van der Waals surface area contributed by atoms with Gasteiger partial charge in [0.05, 0.1) is 17.9 Å². The Morgan fingerprint density at radius 3 is 2.79 bits per heavy atom. The Hall–Kier alpha value is -1.94. The molecule has 2 N–H and O–H groups in total. The third-order valence-electron chi connectivity index (χ3n) is 4.26. The van der Waals surface area contributed by atoms with Crippen LogP contribution in [0, 0.1) is 0 Å². The average molecular weight is 524 g/mol. The van der Waals surface area contributed by atoms with Crippen LogP contribution in [0.2, 0.25) is 0 Å². The number of imidazole rings is 1. The summed E-state index contributed by atoms with van der Waals surface area (Å²) in [6.07, 6.45) is 9.56. The molecule has 3 rings (SSSR count). The molecule has 0 aliphatic carbocycles. The molecule has 0 atom stereocenters. The van der Waals surface area contributed by atoms with E-state index in [1.807, 2.05) is 18.7 Å². The quantitative estimate of drug-likeness (QED) is 0.254. The summed E-state index contributed by atoms with van der Waals surface area (Å²) in [5.74, 6) is 0.842. The van der Waals surface area contributed by atoms with Crippen molar-refractivity contribution in [1.82, 2.24) is 25.2 Å². The van der Waals surface area contributed by atoms with Crippen molar-refractivity contribution < 1.29 is 0 Å². The number of guanidine groups is 1. The Labute approximate surface area is 193 Å². The van der Waals surface area contributed by atoms with Crippen LogP contribution in [0.3, 0.4) is 0 Å². The fraction of sp³-hybridized carbons (Fsp3) is 0.381. The van der Waals surface area contributed by atoms with Gasteiger partial charge in [-0.1, -0.05) is 31.2 Å². The summed E-state index contributed by atoms with van der Waals surface area (Å²) in [4.78, 5) is 14.6. The number of hydrogen-bond donors (Lipinski definition) is 2. The SMILES string of the molecule is CCNC(=NCc1cccc(Cn2ccnc2)c1)NCCc1ncc(CC)s1.I. The fourth-order valence-electron chi connectivity index (χ4n) is 2.84. The molecule has 8 heteroatoms. The van der Waals surface area contributed by atoms with Gasteiger partial charge in [-0.15, -0.1) is 35.3 Å². The first-order valence-corrected chi connectivity index (χ1v) is 10.6. The highest BCUT2D eigenvalue weighted by molar-refractivity contribution is 14.0. The number of aromatic nitrogens is 3. The maximum absolute atomic E-state index is 4.73. The first kappa shape index (κ1) is 23.3. The van der Waals surface area contributed by atoms with E-state index in [9.17, 15) is 0 Å². The summed E-state index contributed by atoms with van der Waals surface area (Å²) in [5.41, 5.74) is 2.45. The smallest absolute Gasteiger partial charge is 0.191 e. The highest BCUT2D eigenvalue weighted by atomic mass is 127. The Morgan fingerprint density at radius 1 is 1.21 bits per heavy atom. The highest BCUT2D eigenvalue weighted by Gasteiger charge is 2.03. The molecule has 2 aromatic heterocycles. The minimum absolute atomic E-state index is 0. The lowest BCUT2D eigenvalue weighted by molar-refractivity contribution is 0.790. The van der Waals surface area contributed by atoms with Crippen molar-refractivity contribution in [3.8, 4) is 0 Å². The molecule has 0 aliphatic heterocycles. The van der Waals surface area contributed by atoms with Gasteiger partial charge in [-0.25, -0.2) is 15.0 Å². The second kappa shape index (κ2) is 12.6. The first-order valence-electron chi connectivity index (χ1n) is 9.76. The topological polar surface area (TPSA) is 67.1 Å². The van der Waals surface area contributed by atoms with Crippen LogP contribution < -0.4 is 10.6 Å². The molecule has 0 spiro atoms. The van der Waals surface area contributed by atoms with E-state index >= 15 is 0 Å². The van der Waals surface area contributed by atoms with Gasteiger partial charge < -0.3 is 15.2 Å². The molecule has 2 heterocycles. The standard InChI is InChI=1S/C21H28N6S.HI/c1-3-19-14-25-20(28-19)8-9-24-21(23-4-2)26-13-17-6-5-7-18(12-17)15-27-11-10-22-16-27;/h5-7,10-12,14,16H,3-4,8-9,13,15H2,1-2H3,(H2,23,24,26);1H. The van der Waals surface area contributed by atoms with Gasteiger partial charge in [0.2, 0.25) is 0 Å². The molecule has 0 amide bonds. The monoisotopic (exact) mass is 524 g/mol. The van der Waals surface area contributed by atoms with Gasteiger partial charge in [0.15, 0.2) is 5.96 Å². The van der Waals surface area contributed by atoms with E-state index in [4.69, 9.17) is 4.99 Å². The Bertz CT molecular complexity index is 875. The molecule has 6 nitrogen and oxygen atoms in total. The number of nitrogens with one attached hydrogen (secondary N) is 2. The van der Waals surface area contributed by atoms with E-state index in [-0.39, 0.29) is 24.0 Å². The second-order valence-corrected chi connectivity index (χ2v) is 7.70. The van der Waals surface area contributed by atoms with E-state index in [0.717, 1.165) is 38.4 Å². The normalized spacial score (nSPS) is 11.2. The van der Waals surface area contributed by atoms with Crippen LogP contribution in [0.1, 0.15) is 34.9 Å². The number of halogens is 1. The van der Waals surface area contributed by atoms with Gasteiger partial charge >= 0.3 is 0 Å². The van der Waals surface area contributed by atoms with Crippen molar-refractivity contribution in [3.05, 3.63) is 70.2 Å². The van der Waals surface area contributed by atoms with Crippen LogP contribution in [-0.4, -0.2) is 33.6 Å². The van der Waals surface area contributed by atoms with Crippen molar-refractivity contribution in [3.63, 3.8) is 0 Å². The fourth-order valence-corrected chi connectivity index (χ4v) is 3.71. The number of hydrogen-bond acceptors (Lipinski definition) is 4. The van der Waals surface area contributed by atoms with Crippen molar-refractivity contribution in [2.75, 3.05) is 13.1 Å². The van der Waals surface area contributed by atoms with Crippen molar-refractivity contribution in [2.24, 2.45) is 4.99 Å². The molecule has 3 aromatic rings. The van der Waals surface area contributed by atoms with Gasteiger partial charge in [-0.05, 0) is 24.5 Å². The summed E-state index contributed by atoms with van der Waals surface area (Å²) >= 11 is 1.79. The van der Waals surface area contributed by atoms with E-state index in [2.05, 4.69) is 63.3 Å². The van der Waals surface area contributed by atoms with Gasteiger partial charge in [0.25, 0.3) is 0 Å². The summed E-state index contributed by atoms with van der Waals surface area (Å²) in [7, 11) is 0. The molecule has 0 aliphatic rings. The third-order valence-corrected chi connectivity index (χ3v) is 5.46. The molecule has 0 saturated heterocycles. The van der Waals surface area contributed by atoms with Crippen LogP contribution in [-0.2, 0) is 25.9 Å². The van der Waals surface area contributed by atoms with Crippen LogP contribution in [0.15, 0.2) is 54.2 Å². The Morgan fingerprint density at radius 2 is 2.07 bits per heavy atom. The molecular weight excluding hydrogens is 495 g/mol. The zero-order valence-electron chi connectivity index (χ0n) is 17.0. The zero-order chi connectivity index (χ0) is 19.6. The zero-order valence-corrected chi connectivity index (χ0v) is 20.1. The van der Waals surface area contributed by atoms with Crippen molar-refractivity contribution in [2.45, 2.75) is 39.8 Å². The van der Waals surface area contributed by atoms with Crippen LogP contribution >= 0.6 is 35.3 Å². The van der Waals surface area contributed by atoms with Gasteiger partial charge in [0, 0.05) is 49.5 Å². The molecule has 0 saturated carbocycles. The van der Waals surface area contributed by atoms with Crippen molar-refractivity contribution in [1.29, 1.82) is 0 Å². The largest absolute Gasteiger partial charge is 0.357 e. The second-order valence-electron chi connectivity index (χ2n) is 6.50. The minimum atomic E-state index is 0. The summed E-state index contributed by atoms with van der Waals surface area (Å²) in [5, 5.41) is 7.90. The summed E-state index contributed by atoms with van der Waals surface area (Å²) < 4.78 is 2.07. The number of aryl methyl sites for hydroxylation is 1. The first-order chi connectivity index (χ1) is 13.8. The maximum atomic E-state index is 4.73. The van der Waals surface area contributed by atoms with Gasteiger partial charge in [0.1, 0.15) is 0 Å². The molecule has 0 unspecified atom stereocenters. The van der Waals surface area contributed by atoms with E-state index < -0.39 is 0 Å². The lowest BCUT2D eigenvalue weighted by Gasteiger charge is -2.11. The average Bonchev–Trinajstić information content (AvgIpc) is 3.38. The number of rotatable bonds is 9. The molecule has 1 aromatic carbocycles. The predicted octanol–water partition coefficient (Wildman–Crippen LogP) is 3.87.